The molecule has 0 aromatic heterocycles. The summed E-state index contributed by atoms with van der Waals surface area (Å²) in [4.78, 5) is 0.321. The van der Waals surface area contributed by atoms with Crippen molar-refractivity contribution in [2.24, 2.45) is 5.92 Å². The number of hydrogen-bond donors (Lipinski definition) is 0. The molecule has 1 unspecified atom stereocenters. The first kappa shape index (κ1) is 21.0. The Morgan fingerprint density at radius 1 is 1.11 bits per heavy atom. The van der Waals surface area contributed by atoms with Crippen molar-refractivity contribution >= 4 is 10.0 Å². The van der Waals surface area contributed by atoms with Gasteiger partial charge >= 0.3 is 0 Å². The highest BCUT2D eigenvalue weighted by Crippen LogP contribution is 2.26. The number of hydrogen-bond acceptors (Lipinski definition) is 2. The van der Waals surface area contributed by atoms with Crippen LogP contribution in [0, 0.1) is 12.8 Å². The van der Waals surface area contributed by atoms with Crippen LogP contribution in [0.4, 0.5) is 0 Å². The summed E-state index contributed by atoms with van der Waals surface area (Å²) >= 11 is 0. The molecule has 0 radical (unpaired) electrons. The van der Waals surface area contributed by atoms with Gasteiger partial charge in [-0.05, 0) is 50.8 Å². The van der Waals surface area contributed by atoms with Crippen molar-refractivity contribution in [3.8, 4) is 0 Å². The zero-order valence-electron chi connectivity index (χ0n) is 16.4. The molecule has 144 valence electrons. The van der Waals surface area contributed by atoms with Crippen LogP contribution in [0.5, 0.6) is 0 Å². The van der Waals surface area contributed by atoms with Gasteiger partial charge in [0.2, 0.25) is 0 Å². The molecule has 2 rings (SSSR count). The number of aryl methyl sites for hydroxylation is 1. The normalized spacial score (nSPS) is 17.9. The van der Waals surface area contributed by atoms with Gasteiger partial charge in [-0.3, -0.25) is 4.31 Å². The van der Waals surface area contributed by atoms with Gasteiger partial charge in [0, 0.05) is 5.70 Å². The SMILES string of the molecule is C/C=C\C=C/C/C=C/CN(C1=CC(C)CC=C1)S(=O)(=O)c1ccc(C)cc1. The Morgan fingerprint density at radius 2 is 1.85 bits per heavy atom. The zero-order valence-corrected chi connectivity index (χ0v) is 17.2. The first-order valence-electron chi connectivity index (χ1n) is 9.35. The third-order valence-corrected chi connectivity index (χ3v) is 6.11. The van der Waals surface area contributed by atoms with Gasteiger partial charge in [0.05, 0.1) is 11.4 Å². The molecule has 0 saturated carbocycles. The van der Waals surface area contributed by atoms with E-state index in [-0.39, 0.29) is 0 Å². The molecule has 0 bridgehead atoms. The number of benzene rings is 1. The van der Waals surface area contributed by atoms with Crippen LogP contribution in [0.15, 0.2) is 89.5 Å². The molecule has 1 aromatic carbocycles. The lowest BCUT2D eigenvalue weighted by atomic mass is 10.0. The molecule has 4 heteroatoms. The summed E-state index contributed by atoms with van der Waals surface area (Å²) in [5, 5.41) is 0. The maximum absolute atomic E-state index is 13.2. The molecule has 1 aliphatic rings. The third-order valence-electron chi connectivity index (χ3n) is 4.30. The second kappa shape index (κ2) is 10.1. The van der Waals surface area contributed by atoms with Crippen LogP contribution in [0.1, 0.15) is 32.3 Å². The van der Waals surface area contributed by atoms with E-state index < -0.39 is 10.0 Å². The van der Waals surface area contributed by atoms with Crippen LogP contribution in [0.25, 0.3) is 0 Å². The predicted molar refractivity (Wildman–Crippen MR) is 114 cm³/mol. The molecule has 0 saturated heterocycles. The van der Waals surface area contributed by atoms with Crippen LogP contribution in [-0.4, -0.2) is 19.3 Å². The topological polar surface area (TPSA) is 37.4 Å². The highest BCUT2D eigenvalue weighted by atomic mass is 32.2. The summed E-state index contributed by atoms with van der Waals surface area (Å²) in [6.45, 7) is 6.34. The van der Waals surface area contributed by atoms with Crippen molar-refractivity contribution < 1.29 is 8.42 Å². The van der Waals surface area contributed by atoms with E-state index in [2.05, 4.69) is 6.92 Å². The Morgan fingerprint density at radius 3 is 2.52 bits per heavy atom. The second-order valence-corrected chi connectivity index (χ2v) is 8.58. The minimum Gasteiger partial charge on any atom is -0.263 e. The molecule has 0 amide bonds. The predicted octanol–water partition coefficient (Wildman–Crippen LogP) is 5.54. The number of sulfonamides is 1. The van der Waals surface area contributed by atoms with Crippen LogP contribution in [0.2, 0.25) is 0 Å². The van der Waals surface area contributed by atoms with E-state index in [1.165, 1.54) is 4.31 Å². The lowest BCUT2D eigenvalue weighted by Gasteiger charge is -2.27. The van der Waals surface area contributed by atoms with E-state index in [1.54, 1.807) is 12.1 Å². The Kier molecular flexibility index (Phi) is 7.86. The van der Waals surface area contributed by atoms with Crippen molar-refractivity contribution in [1.82, 2.24) is 4.31 Å². The molecule has 1 atom stereocenters. The van der Waals surface area contributed by atoms with E-state index in [9.17, 15) is 8.42 Å². The molecule has 0 fully saturated rings. The van der Waals surface area contributed by atoms with Crippen molar-refractivity contribution in [2.45, 2.75) is 38.5 Å². The number of allylic oxidation sites excluding steroid dienone is 8. The molecule has 27 heavy (non-hydrogen) atoms. The molecule has 0 aliphatic heterocycles. The Labute approximate surface area is 164 Å². The highest BCUT2D eigenvalue weighted by Gasteiger charge is 2.25. The maximum atomic E-state index is 13.2. The summed E-state index contributed by atoms with van der Waals surface area (Å²) < 4.78 is 28.0. The average Bonchev–Trinajstić information content (AvgIpc) is 2.64. The fourth-order valence-corrected chi connectivity index (χ4v) is 4.19. The van der Waals surface area contributed by atoms with E-state index >= 15 is 0 Å². The Hall–Kier alpha value is -2.33. The highest BCUT2D eigenvalue weighted by molar-refractivity contribution is 7.89. The van der Waals surface area contributed by atoms with E-state index in [0.29, 0.717) is 17.4 Å². The fraction of sp³-hybridized carbons (Fsp3) is 0.304. The zero-order chi connectivity index (χ0) is 19.7. The molecule has 3 nitrogen and oxygen atoms in total. The van der Waals surface area contributed by atoms with Gasteiger partial charge < -0.3 is 0 Å². The standard InChI is InChI=1S/C23H29NO2S/c1-4-5-6-7-8-9-10-18-24(22-13-11-12-21(3)19-22)27(25,26)23-16-14-20(2)15-17-23/h4-7,9-11,13-17,19,21H,8,12,18H2,1-3H3/b5-4-,7-6-,10-9+. The van der Waals surface area contributed by atoms with E-state index in [0.717, 1.165) is 24.1 Å². The summed E-state index contributed by atoms with van der Waals surface area (Å²) in [5.41, 5.74) is 1.78. The monoisotopic (exact) mass is 383 g/mol. The quantitative estimate of drug-likeness (QED) is 0.436. The Balaban J connectivity index is 2.25. The van der Waals surface area contributed by atoms with Crippen molar-refractivity contribution in [3.63, 3.8) is 0 Å². The molecule has 0 heterocycles. The van der Waals surface area contributed by atoms with Gasteiger partial charge in [0.1, 0.15) is 0 Å². The molecule has 0 N–H and O–H groups in total. The van der Waals surface area contributed by atoms with Gasteiger partial charge in [0.15, 0.2) is 0 Å². The lowest BCUT2D eigenvalue weighted by molar-refractivity contribution is 0.503. The largest absolute Gasteiger partial charge is 0.264 e. The van der Waals surface area contributed by atoms with Gasteiger partial charge in [-0.1, -0.05) is 73.2 Å². The lowest BCUT2D eigenvalue weighted by Crippen LogP contribution is -2.31. The van der Waals surface area contributed by atoms with Gasteiger partial charge in [0.25, 0.3) is 10.0 Å². The minimum atomic E-state index is -3.61. The third kappa shape index (κ3) is 6.10. The smallest absolute Gasteiger partial charge is 0.263 e. The van der Waals surface area contributed by atoms with Gasteiger partial charge in [-0.25, -0.2) is 8.42 Å². The number of nitrogens with zero attached hydrogens (tertiary/aromatic N) is 1. The average molecular weight is 384 g/mol. The summed E-state index contributed by atoms with van der Waals surface area (Å²) in [5.74, 6) is 0.327. The van der Waals surface area contributed by atoms with Crippen LogP contribution >= 0.6 is 0 Å². The van der Waals surface area contributed by atoms with Gasteiger partial charge in [-0.2, -0.15) is 0 Å². The molecular weight excluding hydrogens is 354 g/mol. The Bertz CT molecular complexity index is 856. The van der Waals surface area contributed by atoms with E-state index in [4.69, 9.17) is 0 Å². The van der Waals surface area contributed by atoms with Gasteiger partial charge in [-0.15, -0.1) is 0 Å². The summed E-state index contributed by atoms with van der Waals surface area (Å²) in [6, 6.07) is 7.02. The first-order chi connectivity index (χ1) is 12.9. The molecular formula is C23H29NO2S. The van der Waals surface area contributed by atoms with Crippen molar-refractivity contribution in [3.05, 3.63) is 90.2 Å². The maximum Gasteiger partial charge on any atom is 0.264 e. The van der Waals surface area contributed by atoms with Crippen LogP contribution < -0.4 is 0 Å². The minimum absolute atomic E-state index is 0.316. The van der Waals surface area contributed by atoms with Crippen molar-refractivity contribution in [1.29, 1.82) is 0 Å². The molecule has 1 aromatic rings. The second-order valence-electron chi connectivity index (χ2n) is 6.72. The number of rotatable bonds is 8. The van der Waals surface area contributed by atoms with Crippen molar-refractivity contribution in [2.75, 3.05) is 6.54 Å². The molecule has 1 aliphatic carbocycles. The first-order valence-corrected chi connectivity index (χ1v) is 10.8. The fourth-order valence-electron chi connectivity index (χ4n) is 2.78. The molecule has 0 spiro atoms. The summed E-state index contributed by atoms with van der Waals surface area (Å²) in [7, 11) is -3.61. The van der Waals surface area contributed by atoms with Crippen LogP contribution in [0.3, 0.4) is 0 Å². The van der Waals surface area contributed by atoms with E-state index in [1.807, 2.05) is 80.7 Å². The summed E-state index contributed by atoms with van der Waals surface area (Å²) in [6.07, 6.45) is 19.6. The van der Waals surface area contributed by atoms with Crippen LogP contribution in [-0.2, 0) is 10.0 Å².